The van der Waals surface area contributed by atoms with Crippen molar-refractivity contribution in [3.8, 4) is 0 Å². The molecule has 0 saturated heterocycles. The van der Waals surface area contributed by atoms with Crippen LogP contribution in [0.3, 0.4) is 0 Å². The topological polar surface area (TPSA) is 9.23 Å². The molecular formula is C11H17OSi. The van der Waals surface area contributed by atoms with E-state index in [4.69, 9.17) is 4.43 Å². The van der Waals surface area contributed by atoms with Crippen molar-refractivity contribution in [2.75, 3.05) is 6.61 Å². The summed E-state index contributed by atoms with van der Waals surface area (Å²) in [4.78, 5) is 0. The van der Waals surface area contributed by atoms with Crippen LogP contribution in [0.25, 0.3) is 0 Å². The minimum Gasteiger partial charge on any atom is -0.412 e. The first kappa shape index (κ1) is 10.5. The largest absolute Gasteiger partial charge is 0.412 e. The van der Waals surface area contributed by atoms with Crippen LogP contribution in [-0.2, 0) is 4.43 Å². The third kappa shape index (κ3) is 3.74. The summed E-state index contributed by atoms with van der Waals surface area (Å²) in [5.41, 5.74) is 0. The van der Waals surface area contributed by atoms with Crippen LogP contribution >= 0.6 is 0 Å². The fourth-order valence-electron chi connectivity index (χ4n) is 1.13. The third-order valence-corrected chi connectivity index (χ3v) is 3.78. The molecule has 1 nitrogen and oxygen atoms in total. The summed E-state index contributed by atoms with van der Waals surface area (Å²) in [6.45, 7) is 5.31. The molecular weight excluding hydrogens is 176 g/mol. The van der Waals surface area contributed by atoms with Gasteiger partial charge in [0.15, 0.2) is 0 Å². The van der Waals surface area contributed by atoms with Crippen molar-refractivity contribution in [1.82, 2.24) is 0 Å². The van der Waals surface area contributed by atoms with E-state index < -0.39 is 9.04 Å². The Morgan fingerprint density at radius 2 is 1.92 bits per heavy atom. The molecule has 1 aromatic rings. The Morgan fingerprint density at radius 1 is 1.23 bits per heavy atom. The lowest BCUT2D eigenvalue weighted by atomic mass is 10.4. The zero-order chi connectivity index (χ0) is 9.52. The Hall–Kier alpha value is -0.603. The van der Waals surface area contributed by atoms with E-state index in [9.17, 15) is 0 Å². The zero-order valence-corrected chi connectivity index (χ0v) is 9.42. The van der Waals surface area contributed by atoms with Gasteiger partial charge in [0.2, 0.25) is 9.04 Å². The molecule has 0 saturated carbocycles. The molecule has 0 bridgehead atoms. The maximum atomic E-state index is 5.77. The van der Waals surface area contributed by atoms with Crippen LogP contribution in [0.5, 0.6) is 0 Å². The predicted octanol–water partition coefficient (Wildman–Crippen LogP) is 2.33. The number of rotatable bonds is 5. The smallest absolute Gasteiger partial charge is 0.243 e. The van der Waals surface area contributed by atoms with Gasteiger partial charge in [-0.2, -0.15) is 0 Å². The number of unbranched alkanes of at least 4 members (excludes halogenated alkanes) is 1. The minimum atomic E-state index is -0.740. The van der Waals surface area contributed by atoms with Gasteiger partial charge < -0.3 is 4.43 Å². The molecule has 2 heteroatoms. The van der Waals surface area contributed by atoms with E-state index in [0.29, 0.717) is 0 Å². The Labute approximate surface area is 82.5 Å². The van der Waals surface area contributed by atoms with Crippen molar-refractivity contribution in [1.29, 1.82) is 0 Å². The maximum absolute atomic E-state index is 5.77. The van der Waals surface area contributed by atoms with Gasteiger partial charge in [-0.1, -0.05) is 43.7 Å². The molecule has 71 valence electrons. The first-order valence-corrected chi connectivity index (χ1v) is 6.77. The standard InChI is InChI=1S/C11H17OSi/c1-3-4-10-12-13(2)11-8-6-5-7-9-11/h5-9H,3-4,10H2,1-2H3. The summed E-state index contributed by atoms with van der Waals surface area (Å²) in [6, 6.07) is 10.5. The van der Waals surface area contributed by atoms with Crippen molar-refractivity contribution >= 4 is 14.2 Å². The molecule has 0 unspecified atom stereocenters. The minimum absolute atomic E-state index is 0.740. The third-order valence-electron chi connectivity index (χ3n) is 2.00. The summed E-state index contributed by atoms with van der Waals surface area (Å²) in [7, 11) is -0.740. The fraction of sp³-hybridized carbons (Fsp3) is 0.455. The van der Waals surface area contributed by atoms with Gasteiger partial charge in [-0.3, -0.25) is 0 Å². The van der Waals surface area contributed by atoms with E-state index in [-0.39, 0.29) is 0 Å². The highest BCUT2D eigenvalue weighted by molar-refractivity contribution is 6.66. The highest BCUT2D eigenvalue weighted by Gasteiger charge is 2.07. The molecule has 0 spiro atoms. The average molecular weight is 193 g/mol. The van der Waals surface area contributed by atoms with Crippen molar-refractivity contribution < 1.29 is 4.43 Å². The van der Waals surface area contributed by atoms with Gasteiger partial charge in [0.1, 0.15) is 0 Å². The second kappa shape index (κ2) is 5.94. The second-order valence-corrected chi connectivity index (χ2v) is 5.10. The van der Waals surface area contributed by atoms with Crippen molar-refractivity contribution in [2.24, 2.45) is 0 Å². The van der Waals surface area contributed by atoms with Gasteiger partial charge in [-0.15, -0.1) is 0 Å². The lowest BCUT2D eigenvalue weighted by Crippen LogP contribution is -2.30. The Morgan fingerprint density at radius 3 is 2.54 bits per heavy atom. The van der Waals surface area contributed by atoms with Crippen LogP contribution in [0.4, 0.5) is 0 Å². The first-order valence-electron chi connectivity index (χ1n) is 4.86. The van der Waals surface area contributed by atoms with Crippen molar-refractivity contribution in [3.63, 3.8) is 0 Å². The SMILES string of the molecule is CCCCO[Si](C)c1ccccc1. The molecule has 0 aliphatic heterocycles. The lowest BCUT2D eigenvalue weighted by Gasteiger charge is -2.09. The Balaban J connectivity index is 2.35. The van der Waals surface area contributed by atoms with Crippen LogP contribution in [0.2, 0.25) is 6.55 Å². The average Bonchev–Trinajstić information content (AvgIpc) is 2.19. The van der Waals surface area contributed by atoms with E-state index in [0.717, 1.165) is 6.61 Å². The van der Waals surface area contributed by atoms with Gasteiger partial charge in [0.25, 0.3) is 0 Å². The molecule has 1 aromatic carbocycles. The molecule has 0 heterocycles. The van der Waals surface area contributed by atoms with E-state index in [2.05, 4.69) is 37.7 Å². The van der Waals surface area contributed by atoms with Gasteiger partial charge in [0, 0.05) is 6.61 Å². The van der Waals surface area contributed by atoms with Crippen molar-refractivity contribution in [3.05, 3.63) is 30.3 Å². The lowest BCUT2D eigenvalue weighted by molar-refractivity contribution is 0.320. The van der Waals surface area contributed by atoms with Crippen LogP contribution in [0.1, 0.15) is 19.8 Å². The predicted molar refractivity (Wildman–Crippen MR) is 58.6 cm³/mol. The van der Waals surface area contributed by atoms with Crippen molar-refractivity contribution in [2.45, 2.75) is 26.3 Å². The van der Waals surface area contributed by atoms with E-state index in [1.807, 2.05) is 6.07 Å². The van der Waals surface area contributed by atoms with Gasteiger partial charge in [0.05, 0.1) is 0 Å². The summed E-state index contributed by atoms with van der Waals surface area (Å²) in [5, 5.41) is 1.36. The molecule has 13 heavy (non-hydrogen) atoms. The monoisotopic (exact) mass is 193 g/mol. The summed E-state index contributed by atoms with van der Waals surface area (Å²) in [6.07, 6.45) is 2.39. The fourth-order valence-corrected chi connectivity index (χ4v) is 2.40. The normalized spacial score (nSPS) is 10.7. The van der Waals surface area contributed by atoms with Gasteiger partial charge in [-0.25, -0.2) is 0 Å². The molecule has 0 fully saturated rings. The number of hydrogen-bond acceptors (Lipinski definition) is 1. The molecule has 0 N–H and O–H groups in total. The first-order chi connectivity index (χ1) is 6.34. The molecule has 0 aromatic heterocycles. The Bertz CT molecular complexity index is 223. The van der Waals surface area contributed by atoms with Crippen LogP contribution in [0, 0.1) is 0 Å². The second-order valence-electron chi connectivity index (χ2n) is 3.12. The maximum Gasteiger partial charge on any atom is 0.243 e. The van der Waals surface area contributed by atoms with Gasteiger partial charge in [-0.05, 0) is 18.2 Å². The number of benzene rings is 1. The molecule has 0 aliphatic rings. The molecule has 0 amide bonds. The summed E-state index contributed by atoms with van der Waals surface area (Å²) < 4.78 is 5.77. The molecule has 0 atom stereocenters. The molecule has 1 rings (SSSR count). The highest BCUT2D eigenvalue weighted by Crippen LogP contribution is 1.93. The summed E-state index contributed by atoms with van der Waals surface area (Å²) >= 11 is 0. The Kier molecular flexibility index (Phi) is 4.79. The van der Waals surface area contributed by atoms with E-state index in [1.165, 1.54) is 18.0 Å². The van der Waals surface area contributed by atoms with E-state index >= 15 is 0 Å². The van der Waals surface area contributed by atoms with E-state index in [1.54, 1.807) is 0 Å². The summed E-state index contributed by atoms with van der Waals surface area (Å²) in [5.74, 6) is 0. The molecule has 1 radical (unpaired) electrons. The highest BCUT2D eigenvalue weighted by atomic mass is 28.3. The van der Waals surface area contributed by atoms with Gasteiger partial charge >= 0.3 is 0 Å². The zero-order valence-electron chi connectivity index (χ0n) is 8.42. The number of hydrogen-bond donors (Lipinski definition) is 0. The molecule has 0 aliphatic carbocycles. The quantitative estimate of drug-likeness (QED) is 0.515. The van der Waals surface area contributed by atoms with Crippen LogP contribution in [0.15, 0.2) is 30.3 Å². The van der Waals surface area contributed by atoms with Crippen LogP contribution in [-0.4, -0.2) is 15.6 Å². The van der Waals surface area contributed by atoms with Crippen LogP contribution < -0.4 is 5.19 Å².